The van der Waals surface area contributed by atoms with E-state index in [-0.39, 0.29) is 317 Å². The number of esters is 2. The van der Waals surface area contributed by atoms with Gasteiger partial charge in [0.05, 0.1) is 70.0 Å². The van der Waals surface area contributed by atoms with Crippen molar-refractivity contribution in [2.45, 2.75) is 163 Å². The summed E-state index contributed by atoms with van der Waals surface area (Å²) in [5.41, 5.74) is 7.23. The summed E-state index contributed by atoms with van der Waals surface area (Å²) >= 11 is 6.07. The van der Waals surface area contributed by atoms with E-state index in [1.807, 2.05) is 142 Å². The number of aryl methyl sites for hydroxylation is 3. The number of halogens is 5. The van der Waals surface area contributed by atoms with Crippen molar-refractivity contribution in [3.05, 3.63) is 262 Å². The Morgan fingerprint density at radius 1 is 0.525 bits per heavy atom. The van der Waals surface area contributed by atoms with Crippen LogP contribution in [0.3, 0.4) is 0 Å². The van der Waals surface area contributed by atoms with Crippen LogP contribution in [0.5, 0.6) is 57.5 Å². The van der Waals surface area contributed by atoms with Gasteiger partial charge in [0.2, 0.25) is 11.8 Å². The van der Waals surface area contributed by atoms with Gasteiger partial charge in [-0.3, -0.25) is 53.8 Å². The van der Waals surface area contributed by atoms with Crippen molar-refractivity contribution >= 4 is 162 Å². The summed E-state index contributed by atoms with van der Waals surface area (Å²) in [6.45, 7) is 20.2. The Bertz CT molecular complexity index is 6110. The first-order chi connectivity index (χ1) is 65.3. The van der Waals surface area contributed by atoms with E-state index in [9.17, 15) is 47.9 Å². The molecule has 6 bridgehead atoms. The van der Waals surface area contributed by atoms with E-state index >= 15 is 0 Å². The maximum atomic E-state index is 13.2. The van der Waals surface area contributed by atoms with Gasteiger partial charge in [0.25, 0.3) is 17.0 Å². The van der Waals surface area contributed by atoms with Crippen molar-refractivity contribution in [2.75, 3.05) is 21.3 Å². The smallest absolute Gasteiger partial charge is 1.00 e. The number of aromatic hydroxyl groups is 2. The number of methoxy groups -OCH3 is 3. The fraction of sp³-hybridized carbons (Fsp3) is 0.343. The maximum absolute atomic E-state index is 13.2. The number of imide groups is 2. The van der Waals surface area contributed by atoms with E-state index in [1.165, 1.54) is 31.9 Å². The number of carboxylic acids is 1. The minimum Gasteiger partial charge on any atom is -1.00 e. The summed E-state index contributed by atoms with van der Waals surface area (Å²) in [6, 6.07) is 60.1. The number of rotatable bonds is 13. The predicted molar refractivity (Wildman–Crippen MR) is 523 cm³/mol. The molecule has 39 heteroatoms. The molecule has 0 spiro atoms. The normalized spacial score (nSPS) is 22.8. The van der Waals surface area contributed by atoms with Crippen LogP contribution in [0.25, 0.3) is 31.2 Å². The van der Waals surface area contributed by atoms with Crippen LogP contribution in [-0.4, -0.2) is 152 Å². The summed E-state index contributed by atoms with van der Waals surface area (Å²) in [5.74, 6) is 5.57. The molecule has 28 nitrogen and oxygen atoms in total. The van der Waals surface area contributed by atoms with Gasteiger partial charge in [0.15, 0.2) is 17.2 Å². The summed E-state index contributed by atoms with van der Waals surface area (Å²) < 4.78 is 62.7. The number of aliphatic carboxylic acids is 1. The predicted octanol–water partition coefficient (Wildman–Crippen LogP) is 12.5. The number of ketones is 1. The number of hydrogen-bond donors (Lipinski definition) is 5. The molecule has 4 amide bonds. The van der Waals surface area contributed by atoms with Crippen LogP contribution in [-0.2, 0) is 43.1 Å². The van der Waals surface area contributed by atoms with Crippen LogP contribution in [0.15, 0.2) is 200 Å². The summed E-state index contributed by atoms with van der Waals surface area (Å²) in [5, 5.41) is 42.1. The van der Waals surface area contributed by atoms with Gasteiger partial charge >= 0.3 is 197 Å². The fourth-order valence-electron chi connectivity index (χ4n) is 17.0. The van der Waals surface area contributed by atoms with Crippen molar-refractivity contribution in [1.82, 2.24) is 10.6 Å². The molecule has 24 rings (SSSR count). The first-order valence-electron chi connectivity index (χ1n) is 43.6. The number of carbonyl (C=O) groups is 9. The number of ether oxygens (including phenoxy) is 9. The van der Waals surface area contributed by atoms with Gasteiger partial charge < -0.3 is 75.0 Å². The van der Waals surface area contributed by atoms with Gasteiger partial charge in [0.1, 0.15) is 92.1 Å². The minimum atomic E-state index is -1.72. The van der Waals surface area contributed by atoms with Crippen molar-refractivity contribution in [3.8, 4) is 57.5 Å². The molecule has 728 valence electrons. The van der Waals surface area contributed by atoms with E-state index in [0.717, 1.165) is 144 Å². The van der Waals surface area contributed by atoms with E-state index in [1.54, 1.807) is 73.8 Å². The molecule has 6 saturated carbocycles. The number of benzene rings is 10. The van der Waals surface area contributed by atoms with E-state index < -0.39 is 27.9 Å². The number of fused-ring (bicyclic) bond motifs is 2. The quantitative estimate of drug-likeness (QED) is 0.0136. The average molecular weight is 2310 g/mol. The van der Waals surface area contributed by atoms with Crippen LogP contribution >= 0.6 is 65.3 Å². The summed E-state index contributed by atoms with van der Waals surface area (Å²) in [6.07, 6.45) is 10.6. The zero-order chi connectivity index (χ0) is 97.6. The second-order valence-corrected chi connectivity index (χ2v) is 42.9. The first kappa shape index (κ1) is 121. The molecular formula is C102H103AlCl4Cs2FN4NaO24S2. The molecule has 0 aromatic heterocycles. The number of carbonyl (C=O) groups excluding carboxylic acids is 8. The number of alkyl halides is 1. The Labute approximate surface area is 988 Å². The molecule has 8 fully saturated rings. The first-order valence-corrected chi connectivity index (χ1v) is 51.0. The van der Waals surface area contributed by atoms with Gasteiger partial charge in [-0.2, -0.15) is 0 Å². The fourth-order valence-corrected chi connectivity index (χ4v) is 19.6. The number of hydrogen-bond acceptors (Lipinski definition) is 25. The van der Waals surface area contributed by atoms with Crippen molar-refractivity contribution in [3.63, 3.8) is 0 Å². The molecule has 10 aromatic carbocycles. The zero-order valence-corrected chi connectivity index (χ0v) is 98.4. The Hall–Kier alpha value is -6.92. The molecule has 8 heterocycles. The largest absolute Gasteiger partial charge is 1.00 e. The van der Waals surface area contributed by atoms with Gasteiger partial charge in [-0.15, -0.1) is 11.6 Å². The molecule has 14 aliphatic rings. The molecule has 8 aliphatic heterocycles. The number of Topliss-reactive ketones (excluding diaryl/α,β-unsaturated/α-hetero) is 1. The van der Waals surface area contributed by atoms with Crippen LogP contribution in [0.1, 0.15) is 136 Å². The molecule has 6 N–H and O–H groups in total. The van der Waals surface area contributed by atoms with Gasteiger partial charge in [-0.05, 0) is 221 Å². The van der Waals surface area contributed by atoms with Crippen molar-refractivity contribution < 1.29 is 290 Å². The zero-order valence-electron chi connectivity index (χ0n) is 79.0. The van der Waals surface area contributed by atoms with Crippen molar-refractivity contribution in [1.29, 1.82) is 0 Å². The standard InChI is InChI=1S/C25H18N2O4S.C14H13NO4S.C13H16O3.C12H14O3.C12H12O2.C11H6FN.C7H8O2.C6H9ClO2.CH2O3.CH4.Al.3ClH.2Cs.Na.H2O.H/c1-26-19-8-9-20(17-5-3-2-4-16(17)19)30-14-6-7-18-21(12-14)31-15-10-13(11-15)22(18)23-24(28)27-25(29)32-23;16-7-1-2-9-10(5-7)19-8-3-6(4-8)11(9)12-13(17)15-14(18)20-12;1-9-4-3-5-11(6-9)16-12-7-10(8-12)13(14)15-2;1-8-3-2-4-10(5-8)15-11-6-9(7-11)12(13)14;1-7-2-3-10-11(4-7)14-9-5-8(6-9)12(10)13;1-13-11-7-6-10(12)8-4-2-3-5-9(8)11;1-9-7-4-2-3-6(8)5-7;1-9-6(8)4-2-5(7)3-4;2-1-4-3;;;;;;;;;;/h2-9,12-13,15,22-23H,10-11H2,(H,27,28,29);1-2,5-6,8,11-12,16H,3-4H2,(H,15,17,18);3-6,10,12H,7-8H2,1-2H3;2-5,9,11H,6-7H2,1H3,(H,13,14);2-4,8-9H,5-6H2,1H3;2-7H;2-5,8H,1H3;4-5H,2-3H2,1H3;1,3H;1H4;;3*1H;;;;1H2;/q;;;;;;;;;;+3;;;;3*+1;;-1/p-5. The van der Waals surface area contributed by atoms with E-state index in [2.05, 4.69) is 34.7 Å². The third-order valence-corrected chi connectivity index (χ3v) is 26.9. The maximum Gasteiger partial charge on any atom is 1.00 e. The van der Waals surface area contributed by atoms with E-state index in [4.69, 9.17) is 108 Å². The van der Waals surface area contributed by atoms with Crippen LogP contribution in [0.2, 0.25) is 0 Å². The van der Waals surface area contributed by atoms with E-state index in [0.29, 0.717) is 75.6 Å². The third kappa shape index (κ3) is 33.5. The molecular weight excluding hydrogens is 2210 g/mol. The molecule has 141 heavy (non-hydrogen) atoms. The van der Waals surface area contributed by atoms with Gasteiger partial charge in [-0.25, -0.2) is 44.2 Å². The molecule has 2 saturated heterocycles. The Morgan fingerprint density at radius 2 is 0.957 bits per heavy atom. The second kappa shape index (κ2) is 58.6. The topological polar surface area (TPSA) is 392 Å². The number of phenolic OH excluding ortho intramolecular Hbond substituents is 2. The summed E-state index contributed by atoms with van der Waals surface area (Å²) in [7, 11) is 19.2. The third-order valence-electron chi connectivity index (χ3n) is 24.4. The molecule has 4 unspecified atom stereocenters. The number of nitrogens with zero attached hydrogens (tertiary/aromatic N) is 2. The molecule has 6 aliphatic carbocycles. The molecule has 4 atom stereocenters. The Balaban J connectivity index is 0.000000252. The van der Waals surface area contributed by atoms with Gasteiger partial charge in [0, 0.05) is 52.1 Å². The van der Waals surface area contributed by atoms with Crippen LogP contribution < -0.4 is 216 Å². The summed E-state index contributed by atoms with van der Waals surface area (Å²) in [4.78, 5) is 110. The molecule has 0 radical (unpaired) electrons. The van der Waals surface area contributed by atoms with Gasteiger partial charge in [-0.1, -0.05) is 140 Å². The number of nitrogens with one attached hydrogen (secondary N) is 2. The Kier molecular flexibility index (Phi) is 50.3. The van der Waals surface area contributed by atoms with Crippen LogP contribution in [0.4, 0.5) is 25.4 Å². The molecule has 10 aromatic rings. The monoisotopic (exact) mass is 2310 g/mol. The number of phenols is 2. The average Bonchev–Trinajstić information content (AvgIpc) is 1.62. The number of carboxylic acid groups (broad SMARTS) is 1. The number of thioether (sulfide) groups is 2. The van der Waals surface area contributed by atoms with Crippen molar-refractivity contribution in [2.24, 2.45) is 35.5 Å². The SMILES string of the molecule is C.COC(=O)C1CC(Cl)C1.COC(=O)C1CC(Oc2cccc(C)c2)C1.COc1cccc(O)c1.Cc1ccc2c(c1)OC1CC(C1)C2=O.Cc1cccc(OC2CC(C(=O)O)C2)c1.O=C1NC(=O)C(C2c3ccc(O)cc3OC3CC2C3)S1.O=CO[O-].[C-]#[N+]c1ccc(F)c2ccccc12.[C-]#[N+]c1ccc(Oc2ccc3c(c2)OC2CC(C2)C3C2SC(=O)NC2=O)c2ccccc12.[Cl][Al]([Cl])[Cl].[Cs+].[Cs+].[H-].[Na+].[OH-]. The minimum absolute atomic E-state index is 0. The second-order valence-electron chi connectivity index (χ2n) is 33.6. The van der Waals surface area contributed by atoms with Crippen LogP contribution in [0, 0.1) is 75.2 Å². The Morgan fingerprint density at radius 3 is 1.41 bits per heavy atom. The number of amides is 4.